The van der Waals surface area contributed by atoms with Gasteiger partial charge in [-0.3, -0.25) is 9.69 Å². The van der Waals surface area contributed by atoms with Crippen molar-refractivity contribution < 1.29 is 32.2 Å². The van der Waals surface area contributed by atoms with Crippen molar-refractivity contribution in [3.8, 4) is 0 Å². The van der Waals surface area contributed by atoms with Crippen LogP contribution in [0.15, 0.2) is 0 Å². The fourth-order valence-electron chi connectivity index (χ4n) is 2.29. The molecule has 1 amide bonds. The molecule has 1 fully saturated rings. The monoisotopic (exact) mass is 325 g/mol. The Kier molecular flexibility index (Phi) is 5.35. The lowest BCUT2D eigenvalue weighted by atomic mass is 9.84. The molecule has 0 N–H and O–H groups in total. The molecule has 0 saturated carbocycles. The van der Waals surface area contributed by atoms with Gasteiger partial charge in [-0.2, -0.15) is 13.2 Å². The Morgan fingerprint density at radius 3 is 2.23 bits per heavy atom. The molecule has 0 spiro atoms. The Morgan fingerprint density at radius 1 is 1.27 bits per heavy atom. The third-order valence-corrected chi connectivity index (χ3v) is 3.38. The SMILES string of the molecule is CCOC(=O)C(C)[C@@H]1C[C@H](C(F)(F)F)N1C(=O)OC(C)(C)C. The summed E-state index contributed by atoms with van der Waals surface area (Å²) in [6.45, 7) is 7.89. The smallest absolute Gasteiger partial charge is 0.411 e. The van der Waals surface area contributed by atoms with Crippen LogP contribution >= 0.6 is 0 Å². The van der Waals surface area contributed by atoms with E-state index in [1.807, 2.05) is 0 Å². The molecule has 22 heavy (non-hydrogen) atoms. The van der Waals surface area contributed by atoms with Crippen molar-refractivity contribution in [3.05, 3.63) is 0 Å². The van der Waals surface area contributed by atoms with Crippen molar-refractivity contribution >= 4 is 12.1 Å². The number of ether oxygens (including phenoxy) is 2. The van der Waals surface area contributed by atoms with Gasteiger partial charge in [-0.15, -0.1) is 0 Å². The molecule has 8 heteroatoms. The molecule has 0 radical (unpaired) electrons. The summed E-state index contributed by atoms with van der Waals surface area (Å²) >= 11 is 0. The van der Waals surface area contributed by atoms with Gasteiger partial charge in [-0.25, -0.2) is 4.79 Å². The van der Waals surface area contributed by atoms with Crippen LogP contribution in [0.2, 0.25) is 0 Å². The summed E-state index contributed by atoms with van der Waals surface area (Å²) in [5.74, 6) is -1.47. The quantitative estimate of drug-likeness (QED) is 0.748. The van der Waals surface area contributed by atoms with Gasteiger partial charge in [0.15, 0.2) is 0 Å². The van der Waals surface area contributed by atoms with E-state index < -0.39 is 41.8 Å². The fraction of sp³-hybridized carbons (Fsp3) is 0.857. The van der Waals surface area contributed by atoms with Crippen molar-refractivity contribution in [2.75, 3.05) is 6.61 Å². The third kappa shape index (κ3) is 4.27. The van der Waals surface area contributed by atoms with Gasteiger partial charge in [0.1, 0.15) is 11.6 Å². The summed E-state index contributed by atoms with van der Waals surface area (Å²) in [4.78, 5) is 24.4. The van der Waals surface area contributed by atoms with E-state index in [1.165, 1.54) is 6.92 Å². The summed E-state index contributed by atoms with van der Waals surface area (Å²) in [7, 11) is 0. The first-order chi connectivity index (χ1) is 9.88. The molecule has 0 aromatic heterocycles. The molecule has 1 heterocycles. The Balaban J connectivity index is 2.91. The van der Waals surface area contributed by atoms with Crippen molar-refractivity contribution in [2.24, 2.45) is 5.92 Å². The van der Waals surface area contributed by atoms with E-state index in [1.54, 1.807) is 27.7 Å². The maximum Gasteiger partial charge on any atom is 0.411 e. The number of hydrogen-bond acceptors (Lipinski definition) is 4. The average molecular weight is 325 g/mol. The minimum Gasteiger partial charge on any atom is -0.466 e. The molecule has 1 aliphatic rings. The number of halogens is 3. The fourth-order valence-corrected chi connectivity index (χ4v) is 2.29. The second kappa shape index (κ2) is 6.34. The normalized spacial score (nSPS) is 23.5. The second-order valence-electron chi connectivity index (χ2n) is 6.29. The molecule has 1 aliphatic heterocycles. The van der Waals surface area contributed by atoms with E-state index in [-0.39, 0.29) is 13.0 Å². The van der Waals surface area contributed by atoms with Gasteiger partial charge in [0, 0.05) is 0 Å². The number of likely N-dealkylation sites (tertiary alicyclic amines) is 1. The summed E-state index contributed by atoms with van der Waals surface area (Å²) < 4.78 is 48.7. The van der Waals surface area contributed by atoms with Crippen LogP contribution in [0.3, 0.4) is 0 Å². The molecular weight excluding hydrogens is 303 g/mol. The predicted octanol–water partition coefficient (Wildman–Crippen LogP) is 3.13. The van der Waals surface area contributed by atoms with Gasteiger partial charge in [-0.05, 0) is 41.0 Å². The molecule has 1 unspecified atom stereocenters. The molecule has 0 bridgehead atoms. The highest BCUT2D eigenvalue weighted by Gasteiger charge is 2.59. The Hall–Kier alpha value is -1.47. The molecule has 3 atom stereocenters. The van der Waals surface area contributed by atoms with Crippen molar-refractivity contribution in [2.45, 2.75) is 64.9 Å². The lowest BCUT2D eigenvalue weighted by Crippen LogP contribution is -2.67. The van der Waals surface area contributed by atoms with Crippen molar-refractivity contribution in [1.29, 1.82) is 0 Å². The van der Waals surface area contributed by atoms with Crippen LogP contribution in [0.25, 0.3) is 0 Å². The van der Waals surface area contributed by atoms with E-state index >= 15 is 0 Å². The zero-order valence-electron chi connectivity index (χ0n) is 13.4. The topological polar surface area (TPSA) is 55.8 Å². The van der Waals surface area contributed by atoms with Crippen LogP contribution in [0.4, 0.5) is 18.0 Å². The highest BCUT2D eigenvalue weighted by atomic mass is 19.4. The Labute approximate surface area is 127 Å². The van der Waals surface area contributed by atoms with Gasteiger partial charge >= 0.3 is 18.2 Å². The maximum atomic E-state index is 13.0. The number of amides is 1. The number of alkyl halides is 3. The number of rotatable bonds is 3. The third-order valence-electron chi connectivity index (χ3n) is 3.38. The summed E-state index contributed by atoms with van der Waals surface area (Å²) in [5.41, 5.74) is -0.916. The van der Waals surface area contributed by atoms with Crippen molar-refractivity contribution in [1.82, 2.24) is 4.90 Å². The van der Waals surface area contributed by atoms with Crippen LogP contribution < -0.4 is 0 Å². The van der Waals surface area contributed by atoms with Crippen LogP contribution in [-0.2, 0) is 14.3 Å². The second-order valence-corrected chi connectivity index (χ2v) is 6.29. The van der Waals surface area contributed by atoms with Gasteiger partial charge in [0.2, 0.25) is 0 Å². The standard InChI is InChI=1S/C14H22F3NO4/c1-6-21-11(19)8(2)9-7-10(14(15,16)17)18(9)12(20)22-13(3,4)5/h8-10H,6-7H2,1-5H3/t8?,9-,10+/m0/s1. The first-order valence-electron chi connectivity index (χ1n) is 7.13. The molecule has 128 valence electrons. The van der Waals surface area contributed by atoms with E-state index in [0.717, 1.165) is 0 Å². The number of nitrogens with zero attached hydrogens (tertiary/aromatic N) is 1. The zero-order valence-corrected chi connectivity index (χ0v) is 13.4. The molecule has 0 aromatic rings. The van der Waals surface area contributed by atoms with E-state index in [0.29, 0.717) is 4.90 Å². The van der Waals surface area contributed by atoms with E-state index in [9.17, 15) is 22.8 Å². The minimum atomic E-state index is -4.55. The number of carbonyl (C=O) groups excluding carboxylic acids is 2. The van der Waals surface area contributed by atoms with Gasteiger partial charge in [-0.1, -0.05) is 0 Å². The average Bonchev–Trinajstić information content (AvgIpc) is 2.22. The first-order valence-corrected chi connectivity index (χ1v) is 7.13. The predicted molar refractivity (Wildman–Crippen MR) is 72.1 cm³/mol. The molecule has 0 aromatic carbocycles. The summed E-state index contributed by atoms with van der Waals surface area (Å²) in [6, 6.07) is -2.80. The number of carbonyl (C=O) groups is 2. The maximum absolute atomic E-state index is 13.0. The van der Waals surface area contributed by atoms with E-state index in [4.69, 9.17) is 9.47 Å². The highest BCUT2D eigenvalue weighted by molar-refractivity contribution is 5.76. The highest BCUT2D eigenvalue weighted by Crippen LogP contribution is 2.41. The Morgan fingerprint density at radius 2 is 1.82 bits per heavy atom. The summed E-state index contributed by atoms with van der Waals surface area (Å²) in [6.07, 6.45) is -5.95. The lowest BCUT2D eigenvalue weighted by Gasteiger charge is -2.50. The lowest BCUT2D eigenvalue weighted by molar-refractivity contribution is -0.225. The van der Waals surface area contributed by atoms with E-state index in [2.05, 4.69) is 0 Å². The van der Waals surface area contributed by atoms with Crippen LogP contribution in [-0.4, -0.2) is 47.4 Å². The van der Waals surface area contributed by atoms with Crippen LogP contribution in [0.5, 0.6) is 0 Å². The van der Waals surface area contributed by atoms with Crippen molar-refractivity contribution in [3.63, 3.8) is 0 Å². The van der Waals surface area contributed by atoms with Crippen LogP contribution in [0, 0.1) is 5.92 Å². The molecular formula is C14H22F3NO4. The molecule has 5 nitrogen and oxygen atoms in total. The molecule has 1 saturated heterocycles. The van der Waals surface area contributed by atoms with Crippen LogP contribution in [0.1, 0.15) is 41.0 Å². The van der Waals surface area contributed by atoms with Gasteiger partial charge < -0.3 is 9.47 Å². The summed E-state index contributed by atoms with van der Waals surface area (Å²) in [5, 5.41) is 0. The van der Waals surface area contributed by atoms with Gasteiger partial charge in [0.05, 0.1) is 18.6 Å². The Bertz CT molecular complexity index is 431. The largest absolute Gasteiger partial charge is 0.466 e. The number of hydrogen-bond donors (Lipinski definition) is 0. The first kappa shape index (κ1) is 18.6. The van der Waals surface area contributed by atoms with Gasteiger partial charge in [0.25, 0.3) is 0 Å². The number of esters is 1. The minimum absolute atomic E-state index is 0.130. The molecule has 0 aliphatic carbocycles. The molecule has 1 rings (SSSR count). The zero-order chi connectivity index (χ0) is 17.3.